The Morgan fingerprint density at radius 1 is 1.04 bits per heavy atom. The molecule has 2 rings (SSSR count). The Morgan fingerprint density at radius 3 is 2.35 bits per heavy atom. The zero-order chi connectivity index (χ0) is 19.1. The summed E-state index contributed by atoms with van der Waals surface area (Å²) in [6.45, 7) is 2.53. The maximum absolute atomic E-state index is 11.8. The second kappa shape index (κ2) is 9.01. The molecule has 0 saturated carbocycles. The molecule has 1 amide bonds. The van der Waals surface area contributed by atoms with Crippen LogP contribution in [0.25, 0.3) is 0 Å². The molecule has 0 fully saturated rings. The van der Waals surface area contributed by atoms with Gasteiger partial charge in [-0.15, -0.1) is 0 Å². The van der Waals surface area contributed by atoms with E-state index < -0.39 is 18.5 Å². The Balaban J connectivity index is 1.74. The molecule has 0 aliphatic rings. The Kier molecular flexibility index (Phi) is 6.74. The summed E-state index contributed by atoms with van der Waals surface area (Å²) in [5, 5.41) is 3.11. The van der Waals surface area contributed by atoms with Gasteiger partial charge in [0.05, 0.1) is 0 Å². The van der Waals surface area contributed by atoms with E-state index in [2.05, 4.69) is 5.32 Å². The molecule has 0 spiro atoms. The summed E-state index contributed by atoms with van der Waals surface area (Å²) in [6.07, 6.45) is 0. The van der Waals surface area contributed by atoms with E-state index in [1.807, 2.05) is 6.92 Å². The van der Waals surface area contributed by atoms with Gasteiger partial charge in [-0.05, 0) is 55.8 Å². The van der Waals surface area contributed by atoms with Gasteiger partial charge in [0.2, 0.25) is 0 Å². The molecule has 7 heteroatoms. The maximum atomic E-state index is 11.8. The van der Waals surface area contributed by atoms with Crippen LogP contribution in [-0.4, -0.2) is 30.9 Å². The van der Waals surface area contributed by atoms with E-state index in [-0.39, 0.29) is 12.4 Å². The fraction of sp³-hybridized carbons (Fsp3) is 0.211. The monoisotopic (exact) mass is 375 g/mol. The smallest absolute Gasteiger partial charge is 0.344 e. The second-order valence-corrected chi connectivity index (χ2v) is 5.95. The first-order chi connectivity index (χ1) is 12.3. The minimum Gasteiger partial charge on any atom is -0.482 e. The third-order valence-corrected chi connectivity index (χ3v) is 3.84. The molecule has 2 aromatic rings. The van der Waals surface area contributed by atoms with E-state index in [0.29, 0.717) is 22.0 Å². The summed E-state index contributed by atoms with van der Waals surface area (Å²) in [5.41, 5.74) is 1.96. The molecule has 0 aliphatic carbocycles. The highest BCUT2D eigenvalue weighted by molar-refractivity contribution is 6.31. The molecule has 0 heterocycles. The zero-order valence-corrected chi connectivity index (χ0v) is 15.1. The fourth-order valence-corrected chi connectivity index (χ4v) is 2.16. The van der Waals surface area contributed by atoms with Crippen LogP contribution in [0.15, 0.2) is 42.5 Å². The zero-order valence-electron chi connectivity index (χ0n) is 14.4. The third kappa shape index (κ3) is 5.89. The van der Waals surface area contributed by atoms with Crippen LogP contribution >= 0.6 is 11.6 Å². The minimum absolute atomic E-state index is 0.0585. The lowest BCUT2D eigenvalue weighted by Gasteiger charge is -2.09. The molecular weight excluding hydrogens is 358 g/mol. The predicted octanol–water partition coefficient (Wildman–Crippen LogP) is 3.41. The largest absolute Gasteiger partial charge is 0.482 e. The number of ketones is 1. The number of aryl methyl sites for hydroxylation is 1. The molecule has 0 saturated heterocycles. The molecular formula is C19H18ClNO5. The summed E-state index contributed by atoms with van der Waals surface area (Å²) in [7, 11) is 0. The topological polar surface area (TPSA) is 81.7 Å². The molecule has 136 valence electrons. The highest BCUT2D eigenvalue weighted by Crippen LogP contribution is 2.19. The third-order valence-electron chi connectivity index (χ3n) is 3.44. The summed E-state index contributed by atoms with van der Waals surface area (Å²) >= 11 is 5.98. The average Bonchev–Trinajstić information content (AvgIpc) is 2.61. The lowest BCUT2D eigenvalue weighted by Crippen LogP contribution is -2.23. The van der Waals surface area contributed by atoms with Crippen molar-refractivity contribution in [1.82, 2.24) is 0 Å². The maximum Gasteiger partial charge on any atom is 0.344 e. The Morgan fingerprint density at radius 2 is 1.73 bits per heavy atom. The van der Waals surface area contributed by atoms with Gasteiger partial charge in [-0.3, -0.25) is 9.59 Å². The molecule has 1 N–H and O–H groups in total. The van der Waals surface area contributed by atoms with E-state index in [1.54, 1.807) is 42.5 Å². The van der Waals surface area contributed by atoms with Gasteiger partial charge < -0.3 is 14.8 Å². The van der Waals surface area contributed by atoms with E-state index in [4.69, 9.17) is 21.1 Å². The van der Waals surface area contributed by atoms with Crippen molar-refractivity contribution in [3.05, 3.63) is 58.6 Å². The number of nitrogens with one attached hydrogen (secondary N) is 1. The normalized spacial score (nSPS) is 10.1. The SMILES string of the molecule is CC(=O)c1ccc(OCC(=O)OCC(=O)Nc2ccc(C)c(Cl)c2)cc1. The standard InChI is InChI=1S/C19H18ClNO5/c1-12-3-6-15(9-17(12)20)21-18(23)10-26-19(24)11-25-16-7-4-14(5-8-16)13(2)22/h3-9H,10-11H2,1-2H3,(H,21,23). The molecule has 0 aromatic heterocycles. The van der Waals surface area contributed by atoms with Crippen LogP contribution in [0.1, 0.15) is 22.8 Å². The summed E-state index contributed by atoms with van der Waals surface area (Å²) < 4.78 is 10.1. The van der Waals surface area contributed by atoms with Gasteiger partial charge in [0.15, 0.2) is 19.0 Å². The summed E-state index contributed by atoms with van der Waals surface area (Å²) in [4.78, 5) is 34.6. The van der Waals surface area contributed by atoms with Gasteiger partial charge in [-0.25, -0.2) is 4.79 Å². The number of amides is 1. The van der Waals surface area contributed by atoms with E-state index in [0.717, 1.165) is 5.56 Å². The number of carbonyl (C=O) groups excluding carboxylic acids is 3. The summed E-state index contributed by atoms with van der Waals surface area (Å²) in [5.74, 6) is -0.802. The average molecular weight is 376 g/mol. The number of Topliss-reactive ketones (excluding diaryl/α,β-unsaturated/α-hetero) is 1. The molecule has 0 aliphatic heterocycles. The fourth-order valence-electron chi connectivity index (χ4n) is 1.98. The van der Waals surface area contributed by atoms with E-state index in [1.165, 1.54) is 6.92 Å². The van der Waals surface area contributed by atoms with Crippen LogP contribution in [0.5, 0.6) is 5.75 Å². The Labute approximate surface area is 156 Å². The summed E-state index contributed by atoms with van der Waals surface area (Å²) in [6, 6.07) is 11.5. The van der Waals surface area contributed by atoms with Crippen LogP contribution in [0.2, 0.25) is 5.02 Å². The van der Waals surface area contributed by atoms with Crippen molar-refractivity contribution in [2.75, 3.05) is 18.5 Å². The van der Waals surface area contributed by atoms with Crippen LogP contribution in [-0.2, 0) is 14.3 Å². The molecule has 0 atom stereocenters. The van der Waals surface area contributed by atoms with Crippen LogP contribution < -0.4 is 10.1 Å². The van der Waals surface area contributed by atoms with Gasteiger partial charge in [0, 0.05) is 16.3 Å². The molecule has 0 radical (unpaired) electrons. The Bertz CT molecular complexity index is 817. The number of rotatable bonds is 7. The van der Waals surface area contributed by atoms with Crippen molar-refractivity contribution in [2.45, 2.75) is 13.8 Å². The molecule has 26 heavy (non-hydrogen) atoms. The quantitative estimate of drug-likeness (QED) is 0.592. The first kappa shape index (κ1) is 19.5. The van der Waals surface area contributed by atoms with Gasteiger partial charge >= 0.3 is 5.97 Å². The number of hydrogen-bond donors (Lipinski definition) is 1. The highest BCUT2D eigenvalue weighted by atomic mass is 35.5. The molecule has 0 unspecified atom stereocenters. The number of halogens is 1. The lowest BCUT2D eigenvalue weighted by atomic mass is 10.1. The molecule has 0 bridgehead atoms. The number of esters is 1. The Hall–Kier alpha value is -2.86. The number of ether oxygens (including phenoxy) is 2. The first-order valence-corrected chi connectivity index (χ1v) is 8.18. The highest BCUT2D eigenvalue weighted by Gasteiger charge is 2.10. The van der Waals surface area contributed by atoms with E-state index in [9.17, 15) is 14.4 Å². The van der Waals surface area contributed by atoms with Crippen molar-refractivity contribution in [2.24, 2.45) is 0 Å². The first-order valence-electron chi connectivity index (χ1n) is 7.80. The van der Waals surface area contributed by atoms with Crippen LogP contribution in [0.3, 0.4) is 0 Å². The van der Waals surface area contributed by atoms with Crippen molar-refractivity contribution in [1.29, 1.82) is 0 Å². The molecule has 6 nitrogen and oxygen atoms in total. The van der Waals surface area contributed by atoms with E-state index >= 15 is 0 Å². The van der Waals surface area contributed by atoms with Crippen LogP contribution in [0.4, 0.5) is 5.69 Å². The van der Waals surface area contributed by atoms with Crippen LogP contribution in [0, 0.1) is 6.92 Å². The van der Waals surface area contributed by atoms with Gasteiger partial charge in [0.1, 0.15) is 5.75 Å². The van der Waals surface area contributed by atoms with Gasteiger partial charge in [-0.1, -0.05) is 17.7 Å². The van der Waals surface area contributed by atoms with Crippen molar-refractivity contribution in [3.8, 4) is 5.75 Å². The van der Waals surface area contributed by atoms with Gasteiger partial charge in [0.25, 0.3) is 5.91 Å². The van der Waals surface area contributed by atoms with Crippen molar-refractivity contribution < 1.29 is 23.9 Å². The minimum atomic E-state index is -0.683. The van der Waals surface area contributed by atoms with Crippen molar-refractivity contribution >= 4 is 34.9 Å². The number of benzene rings is 2. The van der Waals surface area contributed by atoms with Gasteiger partial charge in [-0.2, -0.15) is 0 Å². The number of hydrogen-bond acceptors (Lipinski definition) is 5. The molecule has 2 aromatic carbocycles. The second-order valence-electron chi connectivity index (χ2n) is 5.54. The number of anilines is 1. The lowest BCUT2D eigenvalue weighted by molar-refractivity contribution is -0.149. The van der Waals surface area contributed by atoms with Crippen molar-refractivity contribution in [3.63, 3.8) is 0 Å². The number of carbonyl (C=O) groups is 3. The predicted molar refractivity (Wildman–Crippen MR) is 97.7 cm³/mol.